The Morgan fingerprint density at radius 1 is 1.56 bits per heavy atom. The molecule has 2 rings (SSSR count). The number of tetrazole rings is 1. The molecule has 0 saturated carbocycles. The van der Waals surface area contributed by atoms with Crippen LogP contribution in [0, 0.1) is 0 Å². The van der Waals surface area contributed by atoms with Gasteiger partial charge in [0.05, 0.1) is 12.6 Å². The Kier molecular flexibility index (Phi) is 3.87. The van der Waals surface area contributed by atoms with E-state index in [9.17, 15) is 0 Å². The van der Waals surface area contributed by atoms with Crippen LogP contribution >= 0.6 is 28.1 Å². The number of aryl methyl sites for hydroxylation is 1. The summed E-state index contributed by atoms with van der Waals surface area (Å²) < 4.78 is 6.47. The quantitative estimate of drug-likeness (QED) is 0.850. The van der Waals surface area contributed by atoms with Gasteiger partial charge in [-0.1, -0.05) is 28.1 Å². The molecule has 0 spiro atoms. The van der Waals surface area contributed by atoms with Gasteiger partial charge in [0.25, 0.3) is 0 Å². The van der Waals surface area contributed by atoms with E-state index in [0.717, 1.165) is 4.47 Å². The number of rotatable bonds is 4. The van der Waals surface area contributed by atoms with Gasteiger partial charge in [0.2, 0.25) is 5.82 Å². The van der Waals surface area contributed by atoms with Gasteiger partial charge in [-0.15, -0.1) is 10.2 Å². The maximum atomic E-state index is 5.64. The van der Waals surface area contributed by atoms with Crippen LogP contribution in [0.15, 0.2) is 22.7 Å². The molecule has 0 aliphatic rings. The number of hydrogen-bond donors (Lipinski definition) is 1. The van der Waals surface area contributed by atoms with Crippen molar-refractivity contribution in [3.63, 3.8) is 0 Å². The van der Waals surface area contributed by atoms with Crippen LogP contribution in [0.25, 0.3) is 0 Å². The summed E-state index contributed by atoms with van der Waals surface area (Å²) >= 11 is 8.33. The highest BCUT2D eigenvalue weighted by Gasteiger charge is 2.09. The van der Waals surface area contributed by atoms with Crippen LogP contribution < -0.4 is 10.5 Å². The van der Waals surface area contributed by atoms with Crippen LogP contribution in [0.1, 0.15) is 11.4 Å². The van der Waals surface area contributed by atoms with Crippen LogP contribution in [0.5, 0.6) is 5.75 Å². The smallest absolute Gasteiger partial charge is 0.212 e. The maximum absolute atomic E-state index is 5.64. The van der Waals surface area contributed by atoms with Crippen molar-refractivity contribution in [3.05, 3.63) is 34.1 Å². The molecule has 0 saturated heterocycles. The van der Waals surface area contributed by atoms with Crippen LogP contribution in [-0.4, -0.2) is 25.2 Å². The first-order valence-electron chi connectivity index (χ1n) is 5.01. The monoisotopic (exact) mass is 327 g/mol. The van der Waals surface area contributed by atoms with Crippen LogP contribution in [0.2, 0.25) is 0 Å². The Labute approximate surface area is 117 Å². The lowest BCUT2D eigenvalue weighted by atomic mass is 10.2. The summed E-state index contributed by atoms with van der Waals surface area (Å²) in [4.78, 5) is 1.65. The van der Waals surface area contributed by atoms with Gasteiger partial charge in [0.1, 0.15) is 10.7 Å². The molecule has 0 bridgehead atoms. The second-order valence-electron chi connectivity index (χ2n) is 3.49. The average molecular weight is 328 g/mol. The summed E-state index contributed by atoms with van der Waals surface area (Å²) in [5.41, 5.74) is 6.31. The summed E-state index contributed by atoms with van der Waals surface area (Å²) in [6, 6.07) is 5.44. The normalized spacial score (nSPS) is 10.3. The fourth-order valence-electron chi connectivity index (χ4n) is 1.34. The Balaban J connectivity index is 2.16. The highest BCUT2D eigenvalue weighted by Crippen LogP contribution is 2.23. The van der Waals surface area contributed by atoms with Crippen molar-refractivity contribution in [2.45, 2.75) is 6.61 Å². The average Bonchev–Trinajstić information content (AvgIpc) is 2.73. The van der Waals surface area contributed by atoms with Crippen molar-refractivity contribution in [2.24, 2.45) is 12.8 Å². The van der Waals surface area contributed by atoms with E-state index in [4.69, 9.17) is 22.7 Å². The summed E-state index contributed by atoms with van der Waals surface area (Å²) in [5, 5.41) is 11.6. The minimum atomic E-state index is 0.213. The molecule has 0 aliphatic carbocycles. The molecule has 6 nitrogen and oxygen atoms in total. The SMILES string of the molecule is Cn1nnc(COc2ccc(Br)cc2C(N)=S)n1. The molecule has 94 valence electrons. The number of halogens is 1. The summed E-state index contributed by atoms with van der Waals surface area (Å²) in [6.45, 7) is 0.213. The van der Waals surface area contributed by atoms with Gasteiger partial charge in [-0.2, -0.15) is 4.80 Å². The van der Waals surface area contributed by atoms with E-state index < -0.39 is 0 Å². The third-order valence-electron chi connectivity index (χ3n) is 2.11. The molecule has 0 radical (unpaired) electrons. The topological polar surface area (TPSA) is 78.8 Å². The molecule has 18 heavy (non-hydrogen) atoms. The van der Waals surface area contributed by atoms with E-state index in [-0.39, 0.29) is 11.6 Å². The van der Waals surface area contributed by atoms with Gasteiger partial charge in [-0.3, -0.25) is 0 Å². The highest BCUT2D eigenvalue weighted by atomic mass is 79.9. The minimum absolute atomic E-state index is 0.213. The molecular formula is C10H10BrN5OS. The zero-order chi connectivity index (χ0) is 13.1. The molecular weight excluding hydrogens is 318 g/mol. The lowest BCUT2D eigenvalue weighted by Crippen LogP contribution is -2.12. The van der Waals surface area contributed by atoms with E-state index in [1.54, 1.807) is 13.1 Å². The molecule has 2 aromatic rings. The van der Waals surface area contributed by atoms with Crippen molar-refractivity contribution >= 4 is 33.1 Å². The van der Waals surface area contributed by atoms with Crippen molar-refractivity contribution in [1.82, 2.24) is 20.2 Å². The number of nitrogens with two attached hydrogens (primary N) is 1. The zero-order valence-corrected chi connectivity index (χ0v) is 11.9. The molecule has 0 atom stereocenters. The van der Waals surface area contributed by atoms with Gasteiger partial charge in [0, 0.05) is 4.47 Å². The molecule has 2 N–H and O–H groups in total. The lowest BCUT2D eigenvalue weighted by Gasteiger charge is -2.09. The van der Waals surface area contributed by atoms with Gasteiger partial charge in [-0.05, 0) is 23.4 Å². The predicted octanol–water partition coefficient (Wildman–Crippen LogP) is 1.19. The summed E-state index contributed by atoms with van der Waals surface area (Å²) in [5.74, 6) is 1.09. The predicted molar refractivity (Wildman–Crippen MR) is 73.2 cm³/mol. The first kappa shape index (κ1) is 12.9. The Hall–Kier alpha value is -1.54. The number of nitrogens with zero attached hydrogens (tertiary/aromatic N) is 4. The van der Waals surface area contributed by atoms with Crippen molar-refractivity contribution in [2.75, 3.05) is 0 Å². The zero-order valence-electron chi connectivity index (χ0n) is 9.50. The lowest BCUT2D eigenvalue weighted by molar-refractivity contribution is 0.295. The fourth-order valence-corrected chi connectivity index (χ4v) is 1.86. The third kappa shape index (κ3) is 3.02. The van der Waals surface area contributed by atoms with Gasteiger partial charge in [0.15, 0.2) is 6.61 Å². The largest absolute Gasteiger partial charge is 0.485 e. The van der Waals surface area contributed by atoms with Crippen LogP contribution in [0.4, 0.5) is 0 Å². The number of ether oxygens (including phenoxy) is 1. The molecule has 0 fully saturated rings. The Morgan fingerprint density at radius 3 is 2.94 bits per heavy atom. The van der Waals surface area contributed by atoms with E-state index in [2.05, 4.69) is 31.3 Å². The molecule has 0 aliphatic heterocycles. The molecule has 8 heteroatoms. The molecule has 0 unspecified atom stereocenters. The summed E-state index contributed by atoms with van der Waals surface area (Å²) in [7, 11) is 1.69. The number of hydrogen-bond acceptors (Lipinski definition) is 5. The van der Waals surface area contributed by atoms with Crippen molar-refractivity contribution in [3.8, 4) is 5.75 Å². The van der Waals surface area contributed by atoms with E-state index >= 15 is 0 Å². The molecule has 0 amide bonds. The molecule has 1 aromatic heterocycles. The third-order valence-corrected chi connectivity index (χ3v) is 2.83. The number of aromatic nitrogens is 4. The Morgan fingerprint density at radius 2 is 2.33 bits per heavy atom. The molecule has 1 heterocycles. The molecule has 1 aromatic carbocycles. The van der Waals surface area contributed by atoms with Gasteiger partial charge < -0.3 is 10.5 Å². The minimum Gasteiger partial charge on any atom is -0.485 e. The van der Waals surface area contributed by atoms with Gasteiger partial charge >= 0.3 is 0 Å². The Bertz CT molecular complexity index is 585. The van der Waals surface area contributed by atoms with Crippen LogP contribution in [0.3, 0.4) is 0 Å². The van der Waals surface area contributed by atoms with Crippen molar-refractivity contribution in [1.29, 1.82) is 0 Å². The highest BCUT2D eigenvalue weighted by molar-refractivity contribution is 9.10. The fraction of sp³-hybridized carbons (Fsp3) is 0.200. The second-order valence-corrected chi connectivity index (χ2v) is 4.84. The van der Waals surface area contributed by atoms with Crippen molar-refractivity contribution < 1.29 is 4.74 Å². The number of thiocarbonyl (C=S) groups is 1. The summed E-state index contributed by atoms with van der Waals surface area (Å²) in [6.07, 6.45) is 0. The standard InChI is InChI=1S/C10H10BrN5OS/c1-16-14-9(13-15-16)5-17-8-3-2-6(11)4-7(8)10(12)18/h2-4H,5H2,1H3,(H2,12,18). The van der Waals surface area contributed by atoms with E-state index in [0.29, 0.717) is 17.1 Å². The van der Waals surface area contributed by atoms with Gasteiger partial charge in [-0.25, -0.2) is 0 Å². The second kappa shape index (κ2) is 5.40. The first-order chi connectivity index (χ1) is 8.56. The van der Waals surface area contributed by atoms with Crippen LogP contribution in [-0.2, 0) is 13.7 Å². The number of benzene rings is 1. The van der Waals surface area contributed by atoms with E-state index in [1.807, 2.05) is 12.1 Å². The first-order valence-corrected chi connectivity index (χ1v) is 6.21. The maximum Gasteiger partial charge on any atom is 0.212 e. The van der Waals surface area contributed by atoms with E-state index in [1.165, 1.54) is 4.80 Å².